The van der Waals surface area contributed by atoms with Gasteiger partial charge in [0.05, 0.1) is 0 Å². The molecule has 3 nitrogen and oxygen atoms in total. The molecule has 0 fully saturated rings. The number of carbonyl (C=O) groups is 2. The molecule has 0 unspecified atom stereocenters. The number of amides is 1. The molecule has 1 atom stereocenters. The van der Waals surface area contributed by atoms with Crippen LogP contribution in [0.25, 0.3) is 5.57 Å². The normalized spacial score (nSPS) is 23.1. The number of ketones is 1. The van der Waals surface area contributed by atoms with Gasteiger partial charge in [-0.3, -0.25) is 9.59 Å². The van der Waals surface area contributed by atoms with Crippen LogP contribution in [0.3, 0.4) is 0 Å². The number of para-hydroxylation sites is 1. The number of benzene rings is 2. The Morgan fingerprint density at radius 3 is 2.41 bits per heavy atom. The number of rotatable bonds is 1. The Morgan fingerprint density at radius 1 is 0.955 bits per heavy atom. The third kappa shape index (κ3) is 1.51. The average molecular weight is 289 g/mol. The maximum absolute atomic E-state index is 12.8. The first-order chi connectivity index (χ1) is 10.6. The Bertz CT molecular complexity index is 822. The Balaban J connectivity index is 1.85. The lowest BCUT2D eigenvalue weighted by molar-refractivity contribution is -0.130. The highest BCUT2D eigenvalue weighted by molar-refractivity contribution is 6.29. The Hall–Kier alpha value is -2.68. The summed E-state index contributed by atoms with van der Waals surface area (Å²) in [5, 5.41) is 0. The van der Waals surface area contributed by atoms with Crippen molar-refractivity contribution in [1.29, 1.82) is 0 Å². The zero-order valence-corrected chi connectivity index (χ0v) is 12.2. The van der Waals surface area contributed by atoms with Gasteiger partial charge in [-0.05, 0) is 35.3 Å². The molecule has 2 aromatic rings. The smallest absolute Gasteiger partial charge is 0.245 e. The predicted molar refractivity (Wildman–Crippen MR) is 85.6 cm³/mol. The second-order valence-electron chi connectivity index (χ2n) is 5.86. The van der Waals surface area contributed by atoms with Crippen LogP contribution >= 0.6 is 0 Å². The highest BCUT2D eigenvalue weighted by atomic mass is 16.2. The van der Waals surface area contributed by atoms with Gasteiger partial charge in [0.15, 0.2) is 5.78 Å². The van der Waals surface area contributed by atoms with Crippen LogP contribution in [0.1, 0.15) is 17.5 Å². The molecule has 108 valence electrons. The van der Waals surface area contributed by atoms with Crippen molar-refractivity contribution < 1.29 is 9.59 Å². The molecular formula is C19H15NO2. The first kappa shape index (κ1) is 13.0. The number of anilines is 1. The molecule has 0 saturated heterocycles. The summed E-state index contributed by atoms with van der Waals surface area (Å²) in [6.45, 7) is 0. The van der Waals surface area contributed by atoms with Crippen LogP contribution in [0.15, 0.2) is 60.7 Å². The molecule has 0 N–H and O–H groups in total. The first-order valence-corrected chi connectivity index (χ1v) is 7.33. The number of hydrogen-bond donors (Lipinski definition) is 0. The second-order valence-corrected chi connectivity index (χ2v) is 5.86. The molecule has 1 amide bonds. The Kier molecular flexibility index (Phi) is 2.61. The fourth-order valence-corrected chi connectivity index (χ4v) is 3.59. The van der Waals surface area contributed by atoms with E-state index in [9.17, 15) is 9.59 Å². The summed E-state index contributed by atoms with van der Waals surface area (Å²) in [6, 6.07) is 17.4. The number of nitrogens with zero attached hydrogens (tertiary/aromatic N) is 1. The van der Waals surface area contributed by atoms with E-state index in [0.29, 0.717) is 6.42 Å². The number of likely N-dealkylation sites (N-methyl/N-ethyl adjacent to an activating group) is 1. The maximum atomic E-state index is 12.8. The number of carbonyl (C=O) groups excluding carboxylic acids is 2. The third-order valence-corrected chi connectivity index (χ3v) is 4.72. The van der Waals surface area contributed by atoms with Gasteiger partial charge in [0.2, 0.25) is 5.91 Å². The summed E-state index contributed by atoms with van der Waals surface area (Å²) in [7, 11) is 1.74. The molecule has 1 heterocycles. The molecule has 4 rings (SSSR count). The van der Waals surface area contributed by atoms with Crippen molar-refractivity contribution in [2.45, 2.75) is 11.8 Å². The van der Waals surface area contributed by atoms with Crippen molar-refractivity contribution in [3.8, 4) is 0 Å². The fourth-order valence-electron chi connectivity index (χ4n) is 3.59. The molecule has 0 bridgehead atoms. The van der Waals surface area contributed by atoms with E-state index in [2.05, 4.69) is 0 Å². The van der Waals surface area contributed by atoms with Crippen LogP contribution in [0, 0.1) is 0 Å². The minimum absolute atomic E-state index is 0.104. The van der Waals surface area contributed by atoms with Gasteiger partial charge in [-0.25, -0.2) is 0 Å². The van der Waals surface area contributed by atoms with Crippen LogP contribution in [-0.4, -0.2) is 18.7 Å². The van der Waals surface area contributed by atoms with Crippen molar-refractivity contribution in [2.24, 2.45) is 0 Å². The number of fused-ring (bicyclic) bond motifs is 2. The fraction of sp³-hybridized carbons (Fsp3) is 0.158. The van der Waals surface area contributed by atoms with E-state index < -0.39 is 5.41 Å². The van der Waals surface area contributed by atoms with Crippen LogP contribution in [0.2, 0.25) is 0 Å². The quantitative estimate of drug-likeness (QED) is 0.757. The largest absolute Gasteiger partial charge is 0.314 e. The van der Waals surface area contributed by atoms with Gasteiger partial charge >= 0.3 is 0 Å². The predicted octanol–water partition coefficient (Wildman–Crippen LogP) is 2.96. The second kappa shape index (κ2) is 4.41. The summed E-state index contributed by atoms with van der Waals surface area (Å²) in [5.74, 6) is -0.228. The zero-order valence-electron chi connectivity index (χ0n) is 12.2. The van der Waals surface area contributed by atoms with Gasteiger partial charge in [-0.2, -0.15) is 0 Å². The van der Waals surface area contributed by atoms with Gasteiger partial charge in [0.25, 0.3) is 0 Å². The topological polar surface area (TPSA) is 37.4 Å². The highest BCUT2D eigenvalue weighted by Gasteiger charge is 2.57. The molecule has 2 aliphatic rings. The molecule has 0 saturated carbocycles. The lowest BCUT2D eigenvalue weighted by atomic mass is 9.77. The van der Waals surface area contributed by atoms with Gasteiger partial charge in [-0.1, -0.05) is 48.5 Å². The molecule has 22 heavy (non-hydrogen) atoms. The molecule has 0 radical (unpaired) electrons. The maximum Gasteiger partial charge on any atom is 0.245 e. The van der Waals surface area contributed by atoms with E-state index in [1.165, 1.54) is 0 Å². The van der Waals surface area contributed by atoms with Gasteiger partial charge in [0, 0.05) is 12.7 Å². The Morgan fingerprint density at radius 2 is 1.64 bits per heavy atom. The van der Waals surface area contributed by atoms with Crippen LogP contribution in [-0.2, 0) is 15.0 Å². The van der Waals surface area contributed by atoms with E-state index in [-0.39, 0.29) is 11.7 Å². The summed E-state index contributed by atoms with van der Waals surface area (Å²) in [6.07, 6.45) is 2.08. The lowest BCUT2D eigenvalue weighted by Crippen LogP contribution is -2.42. The minimum Gasteiger partial charge on any atom is -0.314 e. The van der Waals surface area contributed by atoms with Gasteiger partial charge < -0.3 is 4.90 Å². The molecule has 1 spiro atoms. The lowest BCUT2D eigenvalue weighted by Gasteiger charge is -2.21. The molecule has 0 aromatic heterocycles. The van der Waals surface area contributed by atoms with E-state index in [4.69, 9.17) is 0 Å². The van der Waals surface area contributed by atoms with Crippen molar-refractivity contribution in [1.82, 2.24) is 0 Å². The summed E-state index contributed by atoms with van der Waals surface area (Å²) in [5.41, 5.74) is 2.55. The molecular weight excluding hydrogens is 274 g/mol. The number of allylic oxidation sites excluding steroid dienone is 2. The van der Waals surface area contributed by atoms with E-state index in [1.807, 2.05) is 54.6 Å². The van der Waals surface area contributed by atoms with Crippen molar-refractivity contribution in [2.75, 3.05) is 11.9 Å². The molecule has 1 aliphatic carbocycles. The van der Waals surface area contributed by atoms with E-state index in [0.717, 1.165) is 22.4 Å². The summed E-state index contributed by atoms with van der Waals surface area (Å²) < 4.78 is 0. The van der Waals surface area contributed by atoms with Crippen molar-refractivity contribution in [3.05, 3.63) is 71.8 Å². The van der Waals surface area contributed by atoms with Gasteiger partial charge in [-0.15, -0.1) is 0 Å². The van der Waals surface area contributed by atoms with Gasteiger partial charge in [0.1, 0.15) is 5.41 Å². The van der Waals surface area contributed by atoms with E-state index >= 15 is 0 Å². The standard InChI is InChI=1S/C19H15NO2/c1-20-16-10-6-5-9-15(16)19(18(20)22)12-14(11-17(19)21)13-7-3-2-4-8-13/h2-11H,12H2,1H3/t19-/m1/s1. The van der Waals surface area contributed by atoms with Crippen LogP contribution < -0.4 is 4.90 Å². The molecule has 1 aliphatic heterocycles. The SMILES string of the molecule is CN1C(=O)[C@]2(CC(c3ccccc3)=CC2=O)c2ccccc21. The monoisotopic (exact) mass is 289 g/mol. The molecule has 2 aromatic carbocycles. The first-order valence-electron chi connectivity index (χ1n) is 7.33. The zero-order chi connectivity index (χ0) is 15.3. The third-order valence-electron chi connectivity index (χ3n) is 4.72. The van der Waals surface area contributed by atoms with Crippen LogP contribution in [0.4, 0.5) is 5.69 Å². The molecule has 3 heteroatoms. The highest BCUT2D eigenvalue weighted by Crippen LogP contribution is 2.50. The van der Waals surface area contributed by atoms with E-state index in [1.54, 1.807) is 18.0 Å². The summed E-state index contributed by atoms with van der Waals surface area (Å²) in [4.78, 5) is 27.2. The minimum atomic E-state index is -1.06. The summed E-state index contributed by atoms with van der Waals surface area (Å²) >= 11 is 0. The van der Waals surface area contributed by atoms with Crippen molar-refractivity contribution in [3.63, 3.8) is 0 Å². The van der Waals surface area contributed by atoms with Crippen LogP contribution in [0.5, 0.6) is 0 Å². The van der Waals surface area contributed by atoms with Crippen molar-refractivity contribution >= 4 is 23.0 Å². The Labute approximate surface area is 128 Å². The number of hydrogen-bond acceptors (Lipinski definition) is 2. The average Bonchev–Trinajstić information content (AvgIpc) is 3.02.